The van der Waals surface area contributed by atoms with Crippen LogP contribution < -0.4 is 5.73 Å². The molecule has 1 rings (SSSR count). The van der Waals surface area contributed by atoms with E-state index in [9.17, 15) is 4.79 Å². The number of carbonyl (C=O) groups is 1. The molecule has 0 aromatic rings. The van der Waals surface area contributed by atoms with Crippen molar-refractivity contribution in [3.05, 3.63) is 0 Å². The summed E-state index contributed by atoms with van der Waals surface area (Å²) in [5.74, 6) is 1.39. The highest BCUT2D eigenvalue weighted by Crippen LogP contribution is 2.22. The van der Waals surface area contributed by atoms with E-state index in [1.807, 2.05) is 0 Å². The summed E-state index contributed by atoms with van der Waals surface area (Å²) >= 11 is 0. The molecule has 0 aromatic carbocycles. The number of nitrogens with zero attached hydrogens (tertiary/aromatic N) is 1. The van der Waals surface area contributed by atoms with Gasteiger partial charge in [-0.25, -0.2) is 4.79 Å². The van der Waals surface area contributed by atoms with Crippen molar-refractivity contribution in [3.63, 3.8) is 0 Å². The summed E-state index contributed by atoms with van der Waals surface area (Å²) < 4.78 is 0. The second kappa shape index (κ2) is 4.49. The number of primary amides is 1. The highest BCUT2D eigenvalue weighted by atomic mass is 16.2. The zero-order valence-corrected chi connectivity index (χ0v) is 8.62. The summed E-state index contributed by atoms with van der Waals surface area (Å²) in [6.07, 6.45) is 3.58. The molecule has 0 saturated carbocycles. The molecular formula is C10H20N2O. The smallest absolute Gasteiger partial charge is 0.314 e. The molecule has 0 bridgehead atoms. The number of hydrogen-bond acceptors (Lipinski definition) is 1. The normalized spacial score (nSPS) is 23.6. The Hall–Kier alpha value is -0.730. The van der Waals surface area contributed by atoms with Gasteiger partial charge in [0.2, 0.25) is 0 Å². The Morgan fingerprint density at radius 3 is 2.85 bits per heavy atom. The van der Waals surface area contributed by atoms with Gasteiger partial charge in [-0.3, -0.25) is 0 Å². The van der Waals surface area contributed by atoms with Crippen molar-refractivity contribution < 1.29 is 4.79 Å². The van der Waals surface area contributed by atoms with Crippen LogP contribution in [-0.4, -0.2) is 24.0 Å². The van der Waals surface area contributed by atoms with Crippen LogP contribution in [0.2, 0.25) is 0 Å². The summed E-state index contributed by atoms with van der Waals surface area (Å²) in [5.41, 5.74) is 5.25. The fourth-order valence-corrected chi connectivity index (χ4v) is 2.12. The van der Waals surface area contributed by atoms with E-state index in [1.54, 1.807) is 4.90 Å². The largest absolute Gasteiger partial charge is 0.351 e. The minimum absolute atomic E-state index is 0.256. The van der Waals surface area contributed by atoms with E-state index >= 15 is 0 Å². The van der Waals surface area contributed by atoms with E-state index < -0.39 is 0 Å². The molecule has 76 valence electrons. The molecule has 2 amide bonds. The number of hydrogen-bond donors (Lipinski definition) is 1. The van der Waals surface area contributed by atoms with Crippen molar-refractivity contribution in [2.75, 3.05) is 13.1 Å². The molecule has 1 atom stereocenters. The van der Waals surface area contributed by atoms with Crippen molar-refractivity contribution >= 4 is 6.03 Å². The van der Waals surface area contributed by atoms with Gasteiger partial charge in [0.05, 0.1) is 0 Å². The second-order valence-electron chi connectivity index (χ2n) is 4.42. The highest BCUT2D eigenvalue weighted by Gasteiger charge is 2.22. The number of carbonyl (C=O) groups excluding carboxylic acids is 1. The van der Waals surface area contributed by atoms with Gasteiger partial charge in [0, 0.05) is 13.1 Å². The van der Waals surface area contributed by atoms with Gasteiger partial charge in [-0.1, -0.05) is 13.8 Å². The van der Waals surface area contributed by atoms with Crippen molar-refractivity contribution in [1.82, 2.24) is 4.90 Å². The maximum absolute atomic E-state index is 10.9. The van der Waals surface area contributed by atoms with Crippen molar-refractivity contribution in [3.8, 4) is 0 Å². The Morgan fingerprint density at radius 1 is 1.62 bits per heavy atom. The predicted octanol–water partition coefficient (Wildman–Crippen LogP) is 1.82. The van der Waals surface area contributed by atoms with Crippen LogP contribution in [0, 0.1) is 11.8 Å². The minimum atomic E-state index is -0.256. The van der Waals surface area contributed by atoms with Crippen LogP contribution in [-0.2, 0) is 0 Å². The van der Waals surface area contributed by atoms with Gasteiger partial charge in [0.1, 0.15) is 0 Å². The van der Waals surface area contributed by atoms with Crippen LogP contribution in [0.3, 0.4) is 0 Å². The maximum atomic E-state index is 10.9. The Balaban J connectivity index is 2.37. The number of piperidine rings is 1. The number of urea groups is 1. The van der Waals surface area contributed by atoms with Crippen molar-refractivity contribution in [1.29, 1.82) is 0 Å². The van der Waals surface area contributed by atoms with E-state index in [-0.39, 0.29) is 6.03 Å². The first-order chi connectivity index (χ1) is 6.09. The number of rotatable bonds is 2. The summed E-state index contributed by atoms with van der Waals surface area (Å²) in [4.78, 5) is 12.7. The van der Waals surface area contributed by atoms with Gasteiger partial charge in [-0.05, 0) is 31.1 Å². The molecule has 13 heavy (non-hydrogen) atoms. The van der Waals surface area contributed by atoms with E-state index in [0.717, 1.165) is 25.4 Å². The molecule has 1 fully saturated rings. The van der Waals surface area contributed by atoms with E-state index in [2.05, 4.69) is 13.8 Å². The number of likely N-dealkylation sites (tertiary alicyclic amines) is 1. The molecule has 0 aliphatic carbocycles. The lowest BCUT2D eigenvalue weighted by atomic mass is 9.90. The van der Waals surface area contributed by atoms with Gasteiger partial charge >= 0.3 is 6.03 Å². The Morgan fingerprint density at radius 2 is 2.31 bits per heavy atom. The molecule has 1 saturated heterocycles. The maximum Gasteiger partial charge on any atom is 0.314 e. The standard InChI is InChI=1S/C10H20N2O/c1-8(2)6-9-4-3-5-12(7-9)10(11)13/h8-9H,3-7H2,1-2H3,(H2,11,13)/t9-/m0/s1. The van der Waals surface area contributed by atoms with Crippen LogP contribution in [0.15, 0.2) is 0 Å². The van der Waals surface area contributed by atoms with Crippen LogP contribution in [0.25, 0.3) is 0 Å². The lowest BCUT2D eigenvalue weighted by molar-refractivity contribution is 0.165. The summed E-state index contributed by atoms with van der Waals surface area (Å²) in [6, 6.07) is -0.256. The van der Waals surface area contributed by atoms with Gasteiger partial charge in [-0.15, -0.1) is 0 Å². The van der Waals surface area contributed by atoms with Gasteiger partial charge < -0.3 is 10.6 Å². The first-order valence-electron chi connectivity index (χ1n) is 5.14. The summed E-state index contributed by atoms with van der Waals surface area (Å²) in [5, 5.41) is 0. The fourth-order valence-electron chi connectivity index (χ4n) is 2.12. The lowest BCUT2D eigenvalue weighted by Crippen LogP contribution is -2.43. The third kappa shape index (κ3) is 3.25. The molecular weight excluding hydrogens is 164 g/mol. The van der Waals surface area contributed by atoms with Gasteiger partial charge in [0.25, 0.3) is 0 Å². The van der Waals surface area contributed by atoms with Gasteiger partial charge in [-0.2, -0.15) is 0 Å². The molecule has 2 N–H and O–H groups in total. The third-order valence-corrected chi connectivity index (χ3v) is 2.64. The quantitative estimate of drug-likeness (QED) is 0.699. The molecule has 1 aliphatic rings. The van der Waals surface area contributed by atoms with E-state index in [0.29, 0.717) is 5.92 Å². The molecule has 0 radical (unpaired) electrons. The molecule has 0 unspecified atom stereocenters. The monoisotopic (exact) mass is 184 g/mol. The third-order valence-electron chi connectivity index (χ3n) is 2.64. The summed E-state index contributed by atoms with van der Waals surface area (Å²) in [6.45, 7) is 6.17. The second-order valence-corrected chi connectivity index (χ2v) is 4.42. The van der Waals surface area contributed by atoms with Crippen LogP contribution in [0.1, 0.15) is 33.1 Å². The summed E-state index contributed by atoms with van der Waals surface area (Å²) in [7, 11) is 0. The Kier molecular flexibility index (Phi) is 3.58. The topological polar surface area (TPSA) is 46.3 Å². The zero-order valence-electron chi connectivity index (χ0n) is 8.62. The number of nitrogens with two attached hydrogens (primary N) is 1. The van der Waals surface area contributed by atoms with E-state index in [4.69, 9.17) is 5.73 Å². The Bertz CT molecular complexity index is 180. The molecule has 0 aromatic heterocycles. The first kappa shape index (κ1) is 10.4. The average molecular weight is 184 g/mol. The van der Waals surface area contributed by atoms with Gasteiger partial charge in [0.15, 0.2) is 0 Å². The average Bonchev–Trinajstić information content (AvgIpc) is 2.03. The van der Waals surface area contributed by atoms with Crippen molar-refractivity contribution in [2.45, 2.75) is 33.1 Å². The predicted molar refractivity (Wildman–Crippen MR) is 53.3 cm³/mol. The minimum Gasteiger partial charge on any atom is -0.351 e. The molecule has 3 heteroatoms. The molecule has 3 nitrogen and oxygen atoms in total. The van der Waals surface area contributed by atoms with E-state index in [1.165, 1.54) is 12.8 Å². The van der Waals surface area contributed by atoms with Crippen LogP contribution >= 0.6 is 0 Å². The van der Waals surface area contributed by atoms with Crippen molar-refractivity contribution in [2.24, 2.45) is 17.6 Å². The lowest BCUT2D eigenvalue weighted by Gasteiger charge is -2.32. The van der Waals surface area contributed by atoms with Crippen LogP contribution in [0.4, 0.5) is 4.79 Å². The fraction of sp³-hybridized carbons (Fsp3) is 0.900. The number of amides is 2. The molecule has 1 aliphatic heterocycles. The molecule has 1 heterocycles. The zero-order chi connectivity index (χ0) is 9.84. The van der Waals surface area contributed by atoms with Crippen LogP contribution in [0.5, 0.6) is 0 Å². The highest BCUT2D eigenvalue weighted by molar-refractivity contribution is 5.72. The first-order valence-corrected chi connectivity index (χ1v) is 5.14. The SMILES string of the molecule is CC(C)C[C@@H]1CCCN(C(N)=O)C1. The molecule has 0 spiro atoms. The Labute approximate surface area is 80.3 Å².